The van der Waals surface area contributed by atoms with E-state index < -0.39 is 4.92 Å². The summed E-state index contributed by atoms with van der Waals surface area (Å²) in [5.41, 5.74) is 2.89. The first-order valence-electron chi connectivity index (χ1n) is 7.25. The zero-order chi connectivity index (χ0) is 14.8. The maximum Gasteiger partial charge on any atom is 0.278 e. The van der Waals surface area contributed by atoms with Crippen molar-refractivity contribution in [3.05, 3.63) is 39.9 Å². The second-order valence-corrected chi connectivity index (χ2v) is 5.69. The van der Waals surface area contributed by atoms with E-state index in [0.29, 0.717) is 17.4 Å². The minimum absolute atomic E-state index is 0.0180. The van der Waals surface area contributed by atoms with Gasteiger partial charge in [-0.1, -0.05) is 25.0 Å². The maximum absolute atomic E-state index is 12.0. The monoisotopic (exact) mass is 287 g/mol. The number of nitrogens with one attached hydrogen (secondary N) is 1. The van der Waals surface area contributed by atoms with Crippen LogP contribution < -0.4 is 5.43 Å². The minimum atomic E-state index is -0.460. The Kier molecular flexibility index (Phi) is 3.68. The van der Waals surface area contributed by atoms with E-state index in [9.17, 15) is 14.9 Å². The number of carbonyl (C=O) groups excluding carboxylic acids is 1. The number of hydrogen-bond donors (Lipinski definition) is 1. The predicted octanol–water partition coefficient (Wildman–Crippen LogP) is 2.48. The molecule has 0 bridgehead atoms. The Bertz CT molecular complexity index is 588. The summed E-state index contributed by atoms with van der Waals surface area (Å²) >= 11 is 0. The van der Waals surface area contributed by atoms with Gasteiger partial charge in [-0.2, -0.15) is 5.10 Å². The lowest BCUT2D eigenvalue weighted by molar-refractivity contribution is -0.385. The van der Waals surface area contributed by atoms with E-state index in [1.165, 1.54) is 25.1 Å². The van der Waals surface area contributed by atoms with E-state index in [0.717, 1.165) is 12.8 Å². The van der Waals surface area contributed by atoms with E-state index in [1.54, 1.807) is 18.2 Å². The average Bonchev–Trinajstić information content (AvgIpc) is 3.22. The number of rotatable bonds is 4. The van der Waals surface area contributed by atoms with Gasteiger partial charge in [-0.25, -0.2) is 5.43 Å². The maximum atomic E-state index is 12.0. The molecule has 6 nitrogen and oxygen atoms in total. The molecule has 0 unspecified atom stereocenters. The van der Waals surface area contributed by atoms with Gasteiger partial charge in [-0.05, 0) is 30.7 Å². The van der Waals surface area contributed by atoms with Gasteiger partial charge < -0.3 is 0 Å². The molecule has 1 aromatic carbocycles. The smallest absolute Gasteiger partial charge is 0.273 e. The van der Waals surface area contributed by atoms with Gasteiger partial charge in [0, 0.05) is 12.0 Å². The fraction of sp³-hybridized carbons (Fsp3) is 0.467. The Labute approximate surface area is 122 Å². The number of amides is 1. The van der Waals surface area contributed by atoms with Crippen LogP contribution >= 0.6 is 0 Å². The van der Waals surface area contributed by atoms with Crippen molar-refractivity contribution in [2.75, 3.05) is 0 Å². The number of carbonyl (C=O) groups is 1. The van der Waals surface area contributed by atoms with Gasteiger partial charge in [0.15, 0.2) is 0 Å². The molecule has 2 fully saturated rings. The lowest BCUT2D eigenvalue weighted by Crippen LogP contribution is -2.20. The topological polar surface area (TPSA) is 84.6 Å². The fourth-order valence-corrected chi connectivity index (χ4v) is 3.38. The van der Waals surface area contributed by atoms with Crippen molar-refractivity contribution in [3.63, 3.8) is 0 Å². The summed E-state index contributed by atoms with van der Waals surface area (Å²) < 4.78 is 0. The number of hydrogen-bond acceptors (Lipinski definition) is 4. The van der Waals surface area contributed by atoms with Crippen LogP contribution in [0.5, 0.6) is 0 Å². The molecule has 21 heavy (non-hydrogen) atoms. The van der Waals surface area contributed by atoms with E-state index in [-0.39, 0.29) is 17.5 Å². The van der Waals surface area contributed by atoms with Gasteiger partial charge in [0.25, 0.3) is 5.69 Å². The lowest BCUT2D eigenvalue weighted by atomic mass is 10.0. The van der Waals surface area contributed by atoms with Crippen molar-refractivity contribution in [2.24, 2.45) is 22.9 Å². The zero-order valence-corrected chi connectivity index (χ0v) is 11.6. The first-order valence-corrected chi connectivity index (χ1v) is 7.25. The Morgan fingerprint density at radius 1 is 1.29 bits per heavy atom. The summed E-state index contributed by atoms with van der Waals surface area (Å²) in [5.74, 6) is 1.09. The molecule has 2 aliphatic carbocycles. The summed E-state index contributed by atoms with van der Waals surface area (Å²) in [6.45, 7) is 0. The molecule has 2 aliphatic rings. The van der Waals surface area contributed by atoms with Crippen LogP contribution in [-0.4, -0.2) is 17.0 Å². The van der Waals surface area contributed by atoms with Crippen LogP contribution in [0.1, 0.15) is 31.2 Å². The van der Waals surface area contributed by atoms with Crippen molar-refractivity contribution in [2.45, 2.75) is 25.7 Å². The zero-order valence-electron chi connectivity index (χ0n) is 11.6. The highest BCUT2D eigenvalue weighted by Crippen LogP contribution is 2.55. The Morgan fingerprint density at radius 3 is 2.62 bits per heavy atom. The molecular weight excluding hydrogens is 270 g/mol. The molecule has 6 heteroatoms. The Balaban J connectivity index is 1.60. The highest BCUT2D eigenvalue weighted by Gasteiger charge is 2.54. The average molecular weight is 287 g/mol. The minimum Gasteiger partial charge on any atom is -0.273 e. The van der Waals surface area contributed by atoms with E-state index in [4.69, 9.17) is 0 Å². The Morgan fingerprint density at radius 2 is 1.95 bits per heavy atom. The molecule has 0 spiro atoms. The molecule has 1 N–H and O–H groups in total. The molecule has 0 radical (unpaired) electrons. The second-order valence-electron chi connectivity index (χ2n) is 5.69. The molecule has 110 valence electrons. The number of nitro groups is 1. The standard InChI is InChI=1S/C15H17N3O3/c19-15(14-11-6-2-3-7-12(11)14)17-16-9-10-5-1-4-8-13(10)18(20)21/h1,4-5,8-9,11-12,14H,2-3,6-7H2,(H,17,19)/b16-9-/t11-,12-/m0/s1. The number of nitrogens with zero attached hydrogens (tertiary/aromatic N) is 2. The molecular formula is C15H17N3O3. The summed E-state index contributed by atoms with van der Waals surface area (Å²) in [6.07, 6.45) is 6.03. The van der Waals surface area contributed by atoms with Gasteiger partial charge >= 0.3 is 0 Å². The number of hydrazone groups is 1. The van der Waals surface area contributed by atoms with Gasteiger partial charge in [0.1, 0.15) is 0 Å². The SMILES string of the molecule is O=C(N/N=C\c1ccccc1[N+](=O)[O-])C1[C@H]2CCCC[C@H]12. The molecule has 2 atom stereocenters. The van der Waals surface area contributed by atoms with Crippen LogP contribution in [0.3, 0.4) is 0 Å². The van der Waals surface area contributed by atoms with Crippen LogP contribution in [0.15, 0.2) is 29.4 Å². The summed E-state index contributed by atoms with van der Waals surface area (Å²) in [4.78, 5) is 22.4. The number of para-hydroxylation sites is 1. The lowest BCUT2D eigenvalue weighted by Gasteiger charge is -2.04. The summed E-state index contributed by atoms with van der Waals surface area (Å²) in [6, 6.07) is 6.32. The van der Waals surface area contributed by atoms with E-state index in [2.05, 4.69) is 10.5 Å². The van der Waals surface area contributed by atoms with Gasteiger partial charge in [0.2, 0.25) is 5.91 Å². The molecule has 1 aromatic rings. The number of fused-ring (bicyclic) bond motifs is 1. The third-order valence-corrected chi connectivity index (χ3v) is 4.47. The molecule has 0 heterocycles. The molecule has 2 saturated carbocycles. The van der Waals surface area contributed by atoms with Gasteiger partial charge in [-0.3, -0.25) is 14.9 Å². The van der Waals surface area contributed by atoms with E-state index >= 15 is 0 Å². The largest absolute Gasteiger partial charge is 0.278 e. The molecule has 0 saturated heterocycles. The first-order chi connectivity index (χ1) is 10.2. The normalized spacial score (nSPS) is 27.1. The highest BCUT2D eigenvalue weighted by molar-refractivity contribution is 5.87. The van der Waals surface area contributed by atoms with Crippen LogP contribution in [0, 0.1) is 27.9 Å². The van der Waals surface area contributed by atoms with Crippen molar-refractivity contribution in [3.8, 4) is 0 Å². The Hall–Kier alpha value is -2.24. The molecule has 0 aromatic heterocycles. The van der Waals surface area contributed by atoms with Crippen molar-refractivity contribution < 1.29 is 9.72 Å². The second kappa shape index (κ2) is 5.63. The van der Waals surface area contributed by atoms with Crippen molar-refractivity contribution in [1.29, 1.82) is 0 Å². The first kappa shape index (κ1) is 13.7. The predicted molar refractivity (Wildman–Crippen MR) is 77.8 cm³/mol. The summed E-state index contributed by atoms with van der Waals surface area (Å²) in [7, 11) is 0. The van der Waals surface area contributed by atoms with Crippen LogP contribution in [0.4, 0.5) is 5.69 Å². The van der Waals surface area contributed by atoms with Gasteiger partial charge in [-0.15, -0.1) is 0 Å². The fourth-order valence-electron chi connectivity index (χ4n) is 3.38. The van der Waals surface area contributed by atoms with E-state index in [1.807, 2.05) is 0 Å². The third-order valence-electron chi connectivity index (χ3n) is 4.47. The molecule has 3 rings (SSSR count). The molecule has 0 aliphatic heterocycles. The summed E-state index contributed by atoms with van der Waals surface area (Å²) in [5, 5.41) is 14.7. The van der Waals surface area contributed by atoms with Crippen molar-refractivity contribution >= 4 is 17.8 Å². The van der Waals surface area contributed by atoms with Crippen LogP contribution in [0.2, 0.25) is 0 Å². The molecule has 1 amide bonds. The van der Waals surface area contributed by atoms with Crippen molar-refractivity contribution in [1.82, 2.24) is 5.43 Å². The third kappa shape index (κ3) is 2.79. The van der Waals surface area contributed by atoms with Crippen LogP contribution in [-0.2, 0) is 4.79 Å². The number of nitro benzene ring substituents is 1. The number of benzene rings is 1. The highest BCUT2D eigenvalue weighted by atomic mass is 16.6. The van der Waals surface area contributed by atoms with Gasteiger partial charge in [0.05, 0.1) is 16.7 Å². The van der Waals surface area contributed by atoms with Crippen LogP contribution in [0.25, 0.3) is 0 Å². The quantitative estimate of drug-likeness (QED) is 0.524.